The first-order valence-corrected chi connectivity index (χ1v) is 23.4. The molecule has 4 aliphatic rings. The first kappa shape index (κ1) is 35.5. The summed E-state index contributed by atoms with van der Waals surface area (Å²) in [5, 5.41) is 2.45. The monoisotopic (exact) mass is 835 g/mol. The van der Waals surface area contributed by atoms with Gasteiger partial charge < -0.3 is 4.90 Å². The lowest BCUT2D eigenvalue weighted by Crippen LogP contribution is -2.32. The van der Waals surface area contributed by atoms with Gasteiger partial charge in [0.1, 0.15) is 0 Å². The second kappa shape index (κ2) is 13.2. The Balaban J connectivity index is 1.06. The second-order valence-electron chi connectivity index (χ2n) is 17.1. The molecule has 63 heavy (non-hydrogen) atoms. The Bertz CT molecular complexity index is 3280. The number of nitrogens with zero attached hydrogens (tertiary/aromatic N) is 1. The van der Waals surface area contributed by atoms with Crippen molar-refractivity contribution in [2.24, 2.45) is 0 Å². The molecule has 0 atom stereocenters. The molecule has 0 N–H and O–H groups in total. The van der Waals surface area contributed by atoms with Crippen LogP contribution in [0.2, 0.25) is 0 Å². The lowest BCUT2D eigenvalue weighted by Gasteiger charge is -2.40. The zero-order valence-corrected chi connectivity index (χ0v) is 35.8. The molecule has 3 heteroatoms. The molecule has 0 aromatic heterocycles. The molecule has 0 saturated heterocycles. The molecule has 0 unspecified atom stereocenters. The molecule has 2 heterocycles. The van der Waals surface area contributed by atoms with Crippen molar-refractivity contribution in [2.75, 3.05) is 4.90 Å². The predicted octanol–water partition coefficient (Wildman–Crippen LogP) is 16.0. The lowest BCUT2D eigenvalue weighted by molar-refractivity contribution is 0.721. The van der Waals surface area contributed by atoms with E-state index < -0.39 is 10.8 Å². The number of benzene rings is 10. The Kier molecular flexibility index (Phi) is 7.47. The fourth-order valence-corrected chi connectivity index (χ4v) is 14.1. The van der Waals surface area contributed by atoms with Crippen LogP contribution in [-0.2, 0) is 10.8 Å². The quantitative estimate of drug-likeness (QED) is 0.175. The Morgan fingerprint density at radius 1 is 0.254 bits per heavy atom. The highest BCUT2D eigenvalue weighted by Crippen LogP contribution is 2.65. The Hall–Kier alpha value is -7.04. The third-order valence-corrected chi connectivity index (χ3v) is 16.5. The third-order valence-electron chi connectivity index (χ3n) is 14.2. The number of hydrogen-bond donors (Lipinski definition) is 0. The van der Waals surface area contributed by atoms with Gasteiger partial charge in [0.25, 0.3) is 0 Å². The van der Waals surface area contributed by atoms with Crippen molar-refractivity contribution in [1.29, 1.82) is 0 Å². The summed E-state index contributed by atoms with van der Waals surface area (Å²) < 4.78 is 0. The minimum atomic E-state index is -0.480. The largest absolute Gasteiger partial charge is 0.310 e. The fraction of sp³-hybridized carbons (Fsp3) is 0.0333. The highest BCUT2D eigenvalue weighted by Gasteiger charge is 2.52. The highest BCUT2D eigenvalue weighted by atomic mass is 32.2. The molecule has 0 fully saturated rings. The van der Waals surface area contributed by atoms with Gasteiger partial charge in [0.05, 0.1) is 10.8 Å². The van der Waals surface area contributed by atoms with E-state index in [0.717, 1.165) is 17.1 Å². The summed E-state index contributed by atoms with van der Waals surface area (Å²) in [6.45, 7) is 0. The molecule has 294 valence electrons. The third kappa shape index (κ3) is 4.71. The van der Waals surface area contributed by atoms with Crippen molar-refractivity contribution >= 4 is 51.4 Å². The van der Waals surface area contributed by atoms with Crippen LogP contribution < -0.4 is 4.90 Å². The van der Waals surface area contributed by atoms with E-state index in [1.165, 1.54) is 97.1 Å². The van der Waals surface area contributed by atoms with E-state index >= 15 is 0 Å². The van der Waals surface area contributed by atoms with Gasteiger partial charge in [-0.05, 0) is 138 Å². The number of anilines is 3. The van der Waals surface area contributed by atoms with E-state index in [4.69, 9.17) is 0 Å². The van der Waals surface area contributed by atoms with E-state index in [1.807, 2.05) is 23.5 Å². The van der Waals surface area contributed by atoms with Crippen molar-refractivity contribution in [2.45, 2.75) is 30.4 Å². The number of rotatable bonds is 3. The molecule has 0 bridgehead atoms. The number of hydrogen-bond acceptors (Lipinski definition) is 3. The van der Waals surface area contributed by atoms with Crippen LogP contribution in [0.4, 0.5) is 17.1 Å². The summed E-state index contributed by atoms with van der Waals surface area (Å²) in [6, 6.07) is 84.8. The predicted molar refractivity (Wildman–Crippen MR) is 261 cm³/mol. The van der Waals surface area contributed by atoms with Gasteiger partial charge in [-0.25, -0.2) is 0 Å². The molecule has 2 aliphatic heterocycles. The van der Waals surface area contributed by atoms with Crippen molar-refractivity contribution < 1.29 is 0 Å². The Morgan fingerprint density at radius 2 is 0.587 bits per heavy atom. The summed E-state index contributed by atoms with van der Waals surface area (Å²) in [7, 11) is 0. The van der Waals surface area contributed by atoms with Crippen molar-refractivity contribution in [3.05, 3.63) is 269 Å². The normalized spacial score (nSPS) is 14.8. The van der Waals surface area contributed by atoms with Gasteiger partial charge in [-0.15, -0.1) is 0 Å². The maximum atomic E-state index is 2.52. The molecular weight excluding hydrogens is 799 g/mol. The first-order chi connectivity index (χ1) is 31.2. The van der Waals surface area contributed by atoms with Crippen LogP contribution in [0.1, 0.15) is 44.5 Å². The highest BCUT2D eigenvalue weighted by molar-refractivity contribution is 7.99. The maximum absolute atomic E-state index is 2.52. The topological polar surface area (TPSA) is 3.24 Å². The van der Waals surface area contributed by atoms with Crippen LogP contribution in [0.3, 0.4) is 0 Å². The van der Waals surface area contributed by atoms with E-state index in [-0.39, 0.29) is 0 Å². The molecule has 1 nitrogen and oxygen atoms in total. The van der Waals surface area contributed by atoms with E-state index in [9.17, 15) is 0 Å². The SMILES string of the molecule is c1ccc2c(c1)Sc1ccccc1C21c2ccccc2-c2ccc(N(c3ccc4c(c3)C3(c5ccccc5Sc5ccccc53)c3ccccc3-4)c3ccc4ccccc4c3)cc21. The molecule has 14 rings (SSSR count). The zero-order valence-electron chi connectivity index (χ0n) is 34.1. The first-order valence-electron chi connectivity index (χ1n) is 21.7. The fourth-order valence-electron chi connectivity index (χ4n) is 11.7. The van der Waals surface area contributed by atoms with Gasteiger partial charge in [-0.2, -0.15) is 0 Å². The zero-order chi connectivity index (χ0) is 41.3. The van der Waals surface area contributed by atoms with E-state index in [1.54, 1.807) is 0 Å². The average molecular weight is 836 g/mol. The van der Waals surface area contributed by atoms with Crippen LogP contribution in [0.25, 0.3) is 33.0 Å². The summed E-state index contributed by atoms with van der Waals surface area (Å²) in [4.78, 5) is 7.76. The van der Waals surface area contributed by atoms with Crippen LogP contribution in [0.5, 0.6) is 0 Å². The van der Waals surface area contributed by atoms with Gasteiger partial charge in [0, 0.05) is 36.6 Å². The average Bonchev–Trinajstić information content (AvgIpc) is 3.79. The van der Waals surface area contributed by atoms with Crippen LogP contribution in [-0.4, -0.2) is 0 Å². The standard InChI is InChI=1S/C60H37NS2/c1-2-16-39-35-40(30-29-38(39)15-1)61(41-31-33-45-43-17-3-5-19-47(43)59(53(45)36-41)49-21-7-11-25-55(49)62-56-26-12-8-22-50(56)59)42-32-34-46-44-18-4-6-20-48(44)60(54(46)37-42)51-23-9-13-27-57(51)63-58-28-14-10-24-52(58)60/h1-37H. The smallest absolute Gasteiger partial charge is 0.0736 e. The van der Waals surface area contributed by atoms with Crippen LogP contribution in [0, 0.1) is 0 Å². The van der Waals surface area contributed by atoms with Gasteiger partial charge >= 0.3 is 0 Å². The van der Waals surface area contributed by atoms with Crippen molar-refractivity contribution in [3.8, 4) is 22.3 Å². The Labute approximate surface area is 375 Å². The van der Waals surface area contributed by atoms with Crippen molar-refractivity contribution in [1.82, 2.24) is 0 Å². The van der Waals surface area contributed by atoms with Gasteiger partial charge in [0.2, 0.25) is 0 Å². The van der Waals surface area contributed by atoms with Crippen LogP contribution >= 0.6 is 23.5 Å². The van der Waals surface area contributed by atoms with Gasteiger partial charge in [-0.3, -0.25) is 0 Å². The molecule has 10 aromatic rings. The second-order valence-corrected chi connectivity index (χ2v) is 19.3. The van der Waals surface area contributed by atoms with Gasteiger partial charge in [-0.1, -0.05) is 187 Å². The lowest BCUT2D eigenvalue weighted by atomic mass is 9.67. The van der Waals surface area contributed by atoms with Gasteiger partial charge in [0.15, 0.2) is 0 Å². The summed E-state index contributed by atoms with van der Waals surface area (Å²) in [6.07, 6.45) is 0. The summed E-state index contributed by atoms with van der Waals surface area (Å²) in [5.41, 5.74) is 18.4. The van der Waals surface area contributed by atoms with E-state index in [0.29, 0.717) is 0 Å². The molecule has 2 spiro atoms. The molecular formula is C60H37NS2. The molecule has 0 amide bonds. The molecule has 0 saturated carbocycles. The Morgan fingerprint density at radius 3 is 1.05 bits per heavy atom. The maximum Gasteiger partial charge on any atom is 0.0736 e. The van der Waals surface area contributed by atoms with E-state index in [2.05, 4.69) is 229 Å². The molecule has 2 aliphatic carbocycles. The summed E-state index contributed by atoms with van der Waals surface area (Å²) in [5.74, 6) is 0. The molecule has 10 aromatic carbocycles. The minimum Gasteiger partial charge on any atom is -0.310 e. The van der Waals surface area contributed by atoms with Crippen LogP contribution in [0.15, 0.2) is 244 Å². The number of fused-ring (bicyclic) bond motifs is 19. The minimum absolute atomic E-state index is 0.480. The summed E-state index contributed by atoms with van der Waals surface area (Å²) >= 11 is 3.79. The molecule has 0 radical (unpaired) electrons. The van der Waals surface area contributed by atoms with Crippen molar-refractivity contribution in [3.63, 3.8) is 0 Å².